The Morgan fingerprint density at radius 2 is 1.32 bits per heavy atom. The number of benzene rings is 3. The van der Waals surface area contributed by atoms with Gasteiger partial charge in [0, 0.05) is 24.2 Å². The minimum absolute atomic E-state index is 0.0602. The zero-order valence-electron chi connectivity index (χ0n) is 27.3. The smallest absolute Gasteiger partial charge is 0.416 e. The largest absolute Gasteiger partial charge is 0.452 e. The summed E-state index contributed by atoms with van der Waals surface area (Å²) in [5.74, 6) is -1.11. The van der Waals surface area contributed by atoms with Crippen molar-refractivity contribution in [3.63, 3.8) is 0 Å². The van der Waals surface area contributed by atoms with Crippen LogP contribution in [0.4, 0.5) is 10.5 Å². The molecule has 3 aromatic rings. The van der Waals surface area contributed by atoms with Crippen molar-refractivity contribution < 1.29 is 33.0 Å². The highest BCUT2D eigenvalue weighted by Gasteiger charge is 2.38. The predicted molar refractivity (Wildman–Crippen MR) is 182 cm³/mol. The van der Waals surface area contributed by atoms with Crippen molar-refractivity contribution in [3.05, 3.63) is 96.1 Å². The molecule has 0 saturated carbocycles. The third-order valence-corrected chi connectivity index (χ3v) is 10.2. The molecule has 3 atom stereocenters. The van der Waals surface area contributed by atoms with Crippen LogP contribution in [0.25, 0.3) is 0 Å². The summed E-state index contributed by atoms with van der Waals surface area (Å²) in [6.45, 7) is 3.13. The molecule has 47 heavy (non-hydrogen) atoms. The molecule has 0 saturated heterocycles. The minimum Gasteiger partial charge on any atom is -0.452 e. The van der Waals surface area contributed by atoms with E-state index in [2.05, 4.69) is 0 Å². The summed E-state index contributed by atoms with van der Waals surface area (Å²) in [5, 5.41) is 20.8. The first-order valence-corrected chi connectivity index (χ1v) is 17.3. The first-order valence-electron chi connectivity index (χ1n) is 15.8. The Hall–Kier alpha value is -3.81. The van der Waals surface area contributed by atoms with Gasteiger partial charge in [-0.05, 0) is 67.0 Å². The van der Waals surface area contributed by atoms with E-state index in [1.54, 1.807) is 0 Å². The van der Waals surface area contributed by atoms with E-state index >= 15 is 0 Å². The number of aliphatic hydroxyl groups is 2. The second kappa shape index (κ2) is 17.9. The Morgan fingerprint density at radius 1 is 0.809 bits per heavy atom. The fraction of sp³-hybridized carbons (Fsp3) is 0.429. The standard InChI is InChI=1S/C35H48N4O7S/c1-25(2)21-22-38(47(44,45)31-19-17-28(36)18-20-31)29(23-40)15-10-16-30(24-41)39(35(43)46-3)34(42)33(37)32(26-11-6-4-7-12-26)27-13-8-5-9-14-27/h4-9,11-14,17-20,25,29-30,32-33,40-41H,10,15-16,21-24,36-37H2,1-3H3/t29?,30?,33-/m0/s1. The minimum atomic E-state index is -3.99. The van der Waals surface area contributed by atoms with Crippen molar-refractivity contribution in [2.75, 3.05) is 32.6 Å². The van der Waals surface area contributed by atoms with E-state index in [1.165, 1.54) is 28.6 Å². The van der Waals surface area contributed by atoms with Crippen molar-refractivity contribution >= 4 is 27.7 Å². The first kappa shape index (κ1) is 37.6. The van der Waals surface area contributed by atoms with Crippen LogP contribution in [0.2, 0.25) is 0 Å². The number of sulfonamides is 1. The van der Waals surface area contributed by atoms with Gasteiger partial charge in [0.25, 0.3) is 0 Å². The van der Waals surface area contributed by atoms with Crippen LogP contribution in [0.1, 0.15) is 56.6 Å². The number of carbonyl (C=O) groups is 2. The fourth-order valence-corrected chi connectivity index (χ4v) is 7.29. The van der Waals surface area contributed by atoms with E-state index in [0.717, 1.165) is 23.1 Å². The summed E-state index contributed by atoms with van der Waals surface area (Å²) in [4.78, 5) is 28.0. The number of carbonyl (C=O) groups excluding carboxylic acids is 2. The average Bonchev–Trinajstić information content (AvgIpc) is 3.07. The molecular formula is C35H48N4O7S. The highest BCUT2D eigenvalue weighted by Crippen LogP contribution is 2.29. The molecule has 2 amide bonds. The predicted octanol–water partition coefficient (Wildman–Crippen LogP) is 3.95. The quantitative estimate of drug-likeness (QED) is 0.155. The molecule has 2 unspecified atom stereocenters. The van der Waals surface area contributed by atoms with Crippen molar-refractivity contribution in [1.82, 2.24) is 9.21 Å². The summed E-state index contributed by atoms with van der Waals surface area (Å²) < 4.78 is 33.7. The zero-order chi connectivity index (χ0) is 34.6. The van der Waals surface area contributed by atoms with E-state index in [9.17, 15) is 28.2 Å². The summed E-state index contributed by atoms with van der Waals surface area (Å²) in [7, 11) is -2.84. The molecule has 3 rings (SSSR count). The normalized spacial score (nSPS) is 13.8. The molecule has 0 bridgehead atoms. The number of nitrogens with two attached hydrogens (primary N) is 2. The van der Waals surface area contributed by atoms with Crippen molar-refractivity contribution in [1.29, 1.82) is 0 Å². The third-order valence-electron chi connectivity index (χ3n) is 8.25. The zero-order valence-corrected chi connectivity index (χ0v) is 28.1. The van der Waals surface area contributed by atoms with E-state index in [-0.39, 0.29) is 36.6 Å². The summed E-state index contributed by atoms with van der Waals surface area (Å²) in [6, 6.07) is 21.4. The van der Waals surface area contributed by atoms with Gasteiger partial charge in [-0.2, -0.15) is 4.31 Å². The van der Waals surface area contributed by atoms with E-state index in [0.29, 0.717) is 12.1 Å². The molecule has 0 heterocycles. The molecule has 0 aliphatic heterocycles. The Labute approximate surface area is 278 Å². The summed E-state index contributed by atoms with van der Waals surface area (Å²) in [6.07, 6.45) is 0.180. The van der Waals surface area contributed by atoms with Crippen LogP contribution in [0.5, 0.6) is 0 Å². The maximum Gasteiger partial charge on any atom is 0.416 e. The van der Waals surface area contributed by atoms with Gasteiger partial charge in [0.2, 0.25) is 15.9 Å². The summed E-state index contributed by atoms with van der Waals surface area (Å²) >= 11 is 0. The Kier molecular flexibility index (Phi) is 14.4. The number of methoxy groups -OCH3 is 1. The Bertz CT molecular complexity index is 1470. The lowest BCUT2D eigenvalue weighted by atomic mass is 9.84. The number of hydrogen-bond donors (Lipinski definition) is 4. The van der Waals surface area contributed by atoms with Gasteiger partial charge >= 0.3 is 6.09 Å². The number of aliphatic hydroxyl groups excluding tert-OH is 2. The highest BCUT2D eigenvalue weighted by molar-refractivity contribution is 7.89. The van der Waals surface area contributed by atoms with Gasteiger partial charge < -0.3 is 26.4 Å². The number of rotatable bonds is 17. The number of anilines is 1. The van der Waals surface area contributed by atoms with Crippen LogP contribution in [0.15, 0.2) is 89.8 Å². The lowest BCUT2D eigenvalue weighted by Gasteiger charge is -2.33. The molecule has 256 valence electrons. The van der Waals surface area contributed by atoms with Gasteiger partial charge in [-0.1, -0.05) is 74.5 Å². The average molecular weight is 669 g/mol. The van der Waals surface area contributed by atoms with Gasteiger partial charge in [-0.3, -0.25) is 4.79 Å². The molecule has 6 N–H and O–H groups in total. The molecule has 0 aliphatic rings. The molecule has 3 aromatic carbocycles. The number of amides is 2. The topological polar surface area (TPSA) is 176 Å². The molecule has 11 nitrogen and oxygen atoms in total. The van der Waals surface area contributed by atoms with Gasteiger partial charge in [0.1, 0.15) is 0 Å². The summed E-state index contributed by atoms with van der Waals surface area (Å²) in [5.41, 5.74) is 14.4. The van der Waals surface area contributed by atoms with Crippen molar-refractivity contribution in [2.45, 2.75) is 68.5 Å². The molecule has 0 fully saturated rings. The monoisotopic (exact) mass is 668 g/mol. The second-order valence-electron chi connectivity index (χ2n) is 12.0. The van der Waals surface area contributed by atoms with Crippen molar-refractivity contribution in [3.8, 4) is 0 Å². The van der Waals surface area contributed by atoms with Crippen LogP contribution in [0, 0.1) is 5.92 Å². The number of nitrogens with zero attached hydrogens (tertiary/aromatic N) is 2. The highest BCUT2D eigenvalue weighted by atomic mass is 32.2. The van der Waals surface area contributed by atoms with Crippen LogP contribution in [-0.4, -0.2) is 84.8 Å². The second-order valence-corrected chi connectivity index (χ2v) is 13.9. The Morgan fingerprint density at radius 3 is 1.79 bits per heavy atom. The molecular weight excluding hydrogens is 620 g/mol. The van der Waals surface area contributed by atoms with Gasteiger partial charge in [0.05, 0.1) is 37.3 Å². The lowest BCUT2D eigenvalue weighted by Crippen LogP contribution is -2.54. The van der Waals surface area contributed by atoms with Gasteiger partial charge in [-0.15, -0.1) is 0 Å². The van der Waals surface area contributed by atoms with E-state index in [4.69, 9.17) is 16.2 Å². The maximum absolute atomic E-state index is 14.0. The van der Waals surface area contributed by atoms with Crippen LogP contribution in [0.3, 0.4) is 0 Å². The van der Waals surface area contributed by atoms with Crippen molar-refractivity contribution in [2.24, 2.45) is 11.7 Å². The maximum atomic E-state index is 14.0. The molecule has 0 spiro atoms. The van der Waals surface area contributed by atoms with Crippen LogP contribution in [-0.2, 0) is 19.6 Å². The van der Waals surface area contributed by atoms with E-state index < -0.39 is 59.3 Å². The van der Waals surface area contributed by atoms with Gasteiger partial charge in [-0.25, -0.2) is 18.1 Å². The fourth-order valence-electron chi connectivity index (χ4n) is 5.63. The first-order chi connectivity index (χ1) is 22.5. The number of ether oxygens (including phenoxy) is 1. The molecule has 0 radical (unpaired) electrons. The Balaban J connectivity index is 1.85. The number of hydrogen-bond acceptors (Lipinski definition) is 9. The number of imide groups is 1. The molecule has 0 aromatic heterocycles. The van der Waals surface area contributed by atoms with Crippen LogP contribution < -0.4 is 11.5 Å². The van der Waals surface area contributed by atoms with E-state index in [1.807, 2.05) is 74.5 Å². The molecule has 0 aliphatic carbocycles. The lowest BCUT2D eigenvalue weighted by molar-refractivity contribution is -0.134. The number of nitrogen functional groups attached to an aromatic ring is 1. The van der Waals surface area contributed by atoms with Crippen LogP contribution >= 0.6 is 0 Å². The van der Waals surface area contributed by atoms with Gasteiger partial charge in [0.15, 0.2) is 0 Å². The molecule has 12 heteroatoms. The third kappa shape index (κ3) is 9.85. The SMILES string of the molecule is COC(=O)N(C(=O)[C@@H](N)C(c1ccccc1)c1ccccc1)C(CO)CCCC(CO)N(CCC(C)C)S(=O)(=O)c1ccc(N)cc1.